The van der Waals surface area contributed by atoms with Gasteiger partial charge in [-0.2, -0.15) is 18.3 Å². The lowest BCUT2D eigenvalue weighted by Gasteiger charge is -2.35. The van der Waals surface area contributed by atoms with Gasteiger partial charge in [0.15, 0.2) is 0 Å². The summed E-state index contributed by atoms with van der Waals surface area (Å²) >= 11 is 0. The van der Waals surface area contributed by atoms with E-state index in [4.69, 9.17) is 0 Å². The van der Waals surface area contributed by atoms with E-state index in [9.17, 15) is 18.0 Å². The molecular formula is C17H20F3N5O. The average molecular weight is 367 g/mol. The van der Waals surface area contributed by atoms with Gasteiger partial charge in [0.1, 0.15) is 6.04 Å². The molecule has 1 saturated heterocycles. The summed E-state index contributed by atoms with van der Waals surface area (Å²) in [6.07, 6.45) is -3.09. The van der Waals surface area contributed by atoms with Crippen molar-refractivity contribution in [1.29, 1.82) is 0 Å². The maximum atomic E-state index is 13.4. The van der Waals surface area contributed by atoms with Gasteiger partial charge in [-0.1, -0.05) is 30.3 Å². The molecule has 0 aliphatic carbocycles. The van der Waals surface area contributed by atoms with Crippen molar-refractivity contribution in [3.63, 3.8) is 0 Å². The summed E-state index contributed by atoms with van der Waals surface area (Å²) in [5.74, 6) is -0.581. The predicted octanol–water partition coefficient (Wildman–Crippen LogP) is 1.64. The first kappa shape index (κ1) is 18.4. The zero-order valence-electron chi connectivity index (χ0n) is 14.0. The van der Waals surface area contributed by atoms with Crippen LogP contribution in [0.5, 0.6) is 0 Å². The van der Waals surface area contributed by atoms with Crippen molar-refractivity contribution in [1.82, 2.24) is 25.7 Å². The Bertz CT molecular complexity index is 725. The van der Waals surface area contributed by atoms with E-state index in [0.29, 0.717) is 31.9 Å². The Morgan fingerprint density at radius 1 is 1.23 bits per heavy atom. The van der Waals surface area contributed by atoms with Crippen LogP contribution in [-0.4, -0.2) is 65.9 Å². The quantitative estimate of drug-likeness (QED) is 0.751. The zero-order valence-corrected chi connectivity index (χ0v) is 14.0. The second kappa shape index (κ2) is 7.88. The first-order valence-electron chi connectivity index (χ1n) is 8.35. The Hall–Kier alpha value is -2.39. The first-order chi connectivity index (χ1) is 12.5. The summed E-state index contributed by atoms with van der Waals surface area (Å²) in [4.78, 5) is 13.8. The smallest absolute Gasteiger partial charge is 0.350 e. The van der Waals surface area contributed by atoms with Gasteiger partial charge in [-0.05, 0) is 0 Å². The van der Waals surface area contributed by atoms with Crippen LogP contribution in [0, 0.1) is 0 Å². The van der Waals surface area contributed by atoms with Crippen LogP contribution >= 0.6 is 0 Å². The Balaban J connectivity index is 1.70. The van der Waals surface area contributed by atoms with Crippen molar-refractivity contribution in [2.45, 2.75) is 12.2 Å². The number of amides is 1. The van der Waals surface area contributed by atoms with Crippen molar-refractivity contribution in [2.75, 3.05) is 32.7 Å². The molecule has 6 nitrogen and oxygen atoms in total. The minimum absolute atomic E-state index is 0.220. The summed E-state index contributed by atoms with van der Waals surface area (Å²) in [6, 6.07) is 7.33. The zero-order chi connectivity index (χ0) is 18.6. The number of piperazine rings is 1. The number of benzene rings is 1. The summed E-state index contributed by atoms with van der Waals surface area (Å²) in [5, 5.41) is 12.0. The number of carbonyl (C=O) groups is 1. The fourth-order valence-electron chi connectivity index (χ4n) is 3.01. The molecular weight excluding hydrogens is 347 g/mol. The van der Waals surface area contributed by atoms with Gasteiger partial charge in [0, 0.05) is 38.3 Å². The molecule has 2 aromatic rings. The number of halogens is 3. The molecule has 0 saturated carbocycles. The molecule has 0 bridgehead atoms. The Kier molecular flexibility index (Phi) is 5.58. The lowest BCUT2D eigenvalue weighted by Crippen LogP contribution is -2.57. The third kappa shape index (κ3) is 4.23. The molecule has 2 heterocycles. The number of rotatable bonds is 5. The number of nitrogens with zero attached hydrogens (tertiary/aromatic N) is 2. The highest BCUT2D eigenvalue weighted by Gasteiger charge is 2.43. The Morgan fingerprint density at radius 3 is 2.58 bits per heavy atom. The summed E-state index contributed by atoms with van der Waals surface area (Å²) < 4.78 is 40.2. The van der Waals surface area contributed by atoms with Crippen molar-refractivity contribution >= 4 is 5.91 Å². The third-order valence-electron chi connectivity index (χ3n) is 4.37. The van der Waals surface area contributed by atoms with Crippen LogP contribution in [0.15, 0.2) is 36.5 Å². The second-order valence-electron chi connectivity index (χ2n) is 6.08. The maximum Gasteiger partial charge on any atom is 0.405 e. The van der Waals surface area contributed by atoms with Crippen molar-refractivity contribution < 1.29 is 18.0 Å². The van der Waals surface area contributed by atoms with Crippen molar-refractivity contribution in [3.05, 3.63) is 42.1 Å². The van der Waals surface area contributed by atoms with Gasteiger partial charge in [0.25, 0.3) is 5.91 Å². The van der Waals surface area contributed by atoms with Gasteiger partial charge in [-0.3, -0.25) is 14.8 Å². The third-order valence-corrected chi connectivity index (χ3v) is 4.37. The van der Waals surface area contributed by atoms with Gasteiger partial charge in [0.2, 0.25) is 0 Å². The highest BCUT2D eigenvalue weighted by Crippen LogP contribution is 2.25. The highest BCUT2D eigenvalue weighted by molar-refractivity contribution is 5.99. The van der Waals surface area contributed by atoms with Gasteiger partial charge in [-0.15, -0.1) is 0 Å². The number of hydrogen-bond donors (Lipinski definition) is 3. The van der Waals surface area contributed by atoms with Crippen LogP contribution in [0.25, 0.3) is 11.3 Å². The predicted molar refractivity (Wildman–Crippen MR) is 90.6 cm³/mol. The number of aromatic amines is 1. The molecule has 1 unspecified atom stereocenters. The van der Waals surface area contributed by atoms with E-state index in [1.54, 1.807) is 12.1 Å². The Morgan fingerprint density at radius 2 is 1.92 bits per heavy atom. The number of alkyl halides is 3. The second-order valence-corrected chi connectivity index (χ2v) is 6.08. The van der Waals surface area contributed by atoms with E-state index in [1.165, 1.54) is 11.1 Å². The number of hydrogen-bond acceptors (Lipinski definition) is 4. The van der Waals surface area contributed by atoms with E-state index in [-0.39, 0.29) is 5.56 Å². The minimum atomic E-state index is -4.41. The van der Waals surface area contributed by atoms with Crippen LogP contribution in [0.2, 0.25) is 0 Å². The normalized spacial score (nSPS) is 17.0. The monoisotopic (exact) mass is 367 g/mol. The van der Waals surface area contributed by atoms with E-state index in [2.05, 4.69) is 20.8 Å². The lowest BCUT2D eigenvalue weighted by atomic mass is 10.1. The molecule has 1 aliphatic rings. The fraction of sp³-hybridized carbons (Fsp3) is 0.412. The maximum absolute atomic E-state index is 13.4. The highest BCUT2D eigenvalue weighted by atomic mass is 19.4. The molecule has 3 N–H and O–H groups in total. The Labute approximate surface area is 148 Å². The molecule has 9 heteroatoms. The molecule has 140 valence electrons. The average Bonchev–Trinajstić information content (AvgIpc) is 3.12. The molecule has 0 spiro atoms. The molecule has 1 aromatic heterocycles. The van der Waals surface area contributed by atoms with Crippen molar-refractivity contribution in [2.24, 2.45) is 0 Å². The van der Waals surface area contributed by atoms with Gasteiger partial charge >= 0.3 is 6.18 Å². The van der Waals surface area contributed by atoms with E-state index in [0.717, 1.165) is 5.56 Å². The van der Waals surface area contributed by atoms with Crippen LogP contribution in [-0.2, 0) is 0 Å². The number of carbonyl (C=O) groups excluding carboxylic acids is 1. The van der Waals surface area contributed by atoms with Crippen LogP contribution in [0.4, 0.5) is 13.2 Å². The topological polar surface area (TPSA) is 73.1 Å². The fourth-order valence-corrected chi connectivity index (χ4v) is 3.01. The molecule has 3 rings (SSSR count). The molecule has 1 atom stereocenters. The molecule has 1 aromatic carbocycles. The van der Waals surface area contributed by atoms with E-state index in [1.807, 2.05) is 18.2 Å². The molecule has 26 heavy (non-hydrogen) atoms. The van der Waals surface area contributed by atoms with Crippen LogP contribution in [0.3, 0.4) is 0 Å². The first-order valence-corrected chi connectivity index (χ1v) is 8.35. The van der Waals surface area contributed by atoms with Gasteiger partial charge in [0.05, 0.1) is 17.5 Å². The molecule has 1 aliphatic heterocycles. The van der Waals surface area contributed by atoms with E-state index >= 15 is 0 Å². The van der Waals surface area contributed by atoms with E-state index < -0.39 is 24.7 Å². The lowest BCUT2D eigenvalue weighted by molar-refractivity contribution is -0.183. The summed E-state index contributed by atoms with van der Waals surface area (Å²) in [7, 11) is 0. The van der Waals surface area contributed by atoms with Crippen molar-refractivity contribution in [3.8, 4) is 11.3 Å². The van der Waals surface area contributed by atoms with Gasteiger partial charge in [-0.25, -0.2) is 0 Å². The standard InChI is InChI=1S/C17H20F3N5O/c18-17(19,20)14(25-8-6-21-7-9-25)11-22-16(26)13-10-23-24-15(13)12-4-2-1-3-5-12/h1-5,10,14,21H,6-9,11H2,(H,22,26)(H,23,24). The number of aromatic nitrogens is 2. The summed E-state index contributed by atoms with van der Waals surface area (Å²) in [6.45, 7) is 1.09. The van der Waals surface area contributed by atoms with Crippen LogP contribution in [0.1, 0.15) is 10.4 Å². The number of nitrogens with one attached hydrogen (secondary N) is 3. The molecule has 1 fully saturated rings. The SMILES string of the molecule is O=C(NCC(N1CCNCC1)C(F)(F)F)c1cn[nH]c1-c1ccccc1. The largest absolute Gasteiger partial charge is 0.405 e. The molecule has 1 amide bonds. The van der Waals surface area contributed by atoms with Gasteiger partial charge < -0.3 is 10.6 Å². The molecule has 0 radical (unpaired) electrons. The number of H-pyrrole nitrogens is 1. The summed E-state index contributed by atoms with van der Waals surface area (Å²) in [5.41, 5.74) is 1.44. The minimum Gasteiger partial charge on any atom is -0.350 e. The van der Waals surface area contributed by atoms with Crippen LogP contribution < -0.4 is 10.6 Å².